The summed E-state index contributed by atoms with van der Waals surface area (Å²) in [5.74, 6) is -0.110. The molecule has 0 saturated heterocycles. The van der Waals surface area contributed by atoms with E-state index in [2.05, 4.69) is 39.3 Å². The number of rotatable bonds is 10. The lowest BCUT2D eigenvalue weighted by Crippen LogP contribution is -2.23. The Morgan fingerprint density at radius 2 is 2.18 bits per heavy atom. The van der Waals surface area contributed by atoms with Gasteiger partial charge in [0.2, 0.25) is 0 Å². The number of fused-ring (bicyclic) bond motifs is 1. The van der Waals surface area contributed by atoms with Crippen molar-refractivity contribution in [3.8, 4) is 0 Å². The second kappa shape index (κ2) is 12.1. The van der Waals surface area contributed by atoms with Crippen molar-refractivity contribution in [1.82, 2.24) is 19.7 Å². The van der Waals surface area contributed by atoms with E-state index in [0.717, 1.165) is 35.2 Å². The molecule has 0 aliphatic heterocycles. The lowest BCUT2D eigenvalue weighted by Gasteiger charge is -2.10. The molecule has 0 atom stereocenters. The van der Waals surface area contributed by atoms with E-state index in [1.54, 1.807) is 24.8 Å². The molecular formula is C26H30ClN5O. The molecule has 0 bridgehead atoms. The lowest BCUT2D eigenvalue weighted by atomic mass is 10.0. The lowest BCUT2D eigenvalue weighted by molar-refractivity contribution is 0.0950. The molecule has 0 radical (unpaired) electrons. The van der Waals surface area contributed by atoms with Gasteiger partial charge in [-0.3, -0.25) is 14.8 Å². The summed E-state index contributed by atoms with van der Waals surface area (Å²) in [7, 11) is 0. The van der Waals surface area contributed by atoms with Gasteiger partial charge in [0.15, 0.2) is 0 Å². The Bertz CT molecular complexity index is 1190. The molecule has 3 aromatic rings. The van der Waals surface area contributed by atoms with Crippen molar-refractivity contribution in [2.24, 2.45) is 4.99 Å². The predicted octanol–water partition coefficient (Wildman–Crippen LogP) is 5.45. The van der Waals surface area contributed by atoms with Crippen LogP contribution in [-0.4, -0.2) is 33.0 Å². The summed E-state index contributed by atoms with van der Waals surface area (Å²) < 4.78 is 1.96. The zero-order valence-electron chi connectivity index (χ0n) is 19.4. The molecule has 1 N–H and O–H groups in total. The fourth-order valence-electron chi connectivity index (χ4n) is 3.44. The Hall–Kier alpha value is -3.25. The number of amides is 1. The van der Waals surface area contributed by atoms with E-state index < -0.39 is 0 Å². The van der Waals surface area contributed by atoms with Crippen molar-refractivity contribution < 1.29 is 4.79 Å². The molecule has 172 valence electrons. The van der Waals surface area contributed by atoms with Crippen LogP contribution in [0.15, 0.2) is 70.9 Å². The quantitative estimate of drug-likeness (QED) is 0.247. The largest absolute Gasteiger partial charge is 0.348 e. The molecule has 0 aliphatic carbocycles. The SMILES string of the molecule is C/C=C(Cl)\C=N/CC/C=C(\CC)Cc1cc(C(=O)NCc2cn3cncc3cc2C)ccn1. The number of nitrogens with one attached hydrogen (secondary N) is 1. The fourth-order valence-corrected chi connectivity index (χ4v) is 3.51. The predicted molar refractivity (Wildman–Crippen MR) is 135 cm³/mol. The van der Waals surface area contributed by atoms with E-state index in [-0.39, 0.29) is 5.91 Å². The second-order valence-electron chi connectivity index (χ2n) is 7.82. The van der Waals surface area contributed by atoms with Crippen LogP contribution in [0, 0.1) is 6.92 Å². The normalized spacial score (nSPS) is 12.6. The van der Waals surface area contributed by atoms with Crippen molar-refractivity contribution in [2.75, 3.05) is 6.54 Å². The van der Waals surface area contributed by atoms with Gasteiger partial charge in [-0.05, 0) is 56.0 Å². The monoisotopic (exact) mass is 463 g/mol. The van der Waals surface area contributed by atoms with E-state index in [1.165, 1.54) is 5.57 Å². The molecule has 1 amide bonds. The van der Waals surface area contributed by atoms with Crippen molar-refractivity contribution in [2.45, 2.75) is 46.6 Å². The minimum atomic E-state index is -0.110. The van der Waals surface area contributed by atoms with E-state index in [1.807, 2.05) is 42.8 Å². The van der Waals surface area contributed by atoms with Gasteiger partial charge in [-0.1, -0.05) is 36.2 Å². The van der Waals surface area contributed by atoms with E-state index in [4.69, 9.17) is 11.6 Å². The standard InChI is InChI=1S/C26H30ClN5O/c1-4-20(7-6-9-28-15-23(27)5-2)12-24-13-21(8-10-30-24)26(33)31-14-22-17-32-18-29-16-25(32)11-19(22)3/h5,7-8,10-11,13,15-18H,4,6,9,12,14H2,1-3H3,(H,31,33)/b20-7+,23-5+,28-15-. The van der Waals surface area contributed by atoms with Gasteiger partial charge in [0.25, 0.3) is 5.91 Å². The van der Waals surface area contributed by atoms with Crippen LogP contribution in [0.4, 0.5) is 0 Å². The van der Waals surface area contributed by atoms with Crippen LogP contribution in [0.25, 0.3) is 5.52 Å². The van der Waals surface area contributed by atoms with Gasteiger partial charge in [0.1, 0.15) is 0 Å². The molecule has 7 heteroatoms. The highest BCUT2D eigenvalue weighted by Gasteiger charge is 2.09. The van der Waals surface area contributed by atoms with Gasteiger partial charge >= 0.3 is 0 Å². The summed E-state index contributed by atoms with van der Waals surface area (Å²) >= 11 is 5.92. The number of aromatic nitrogens is 3. The Morgan fingerprint density at radius 1 is 1.33 bits per heavy atom. The number of nitrogens with zero attached hydrogens (tertiary/aromatic N) is 4. The van der Waals surface area contributed by atoms with Gasteiger partial charge in [0.05, 0.1) is 23.1 Å². The number of halogens is 1. The molecule has 0 fully saturated rings. The number of aliphatic imine (C=N–C) groups is 1. The number of aryl methyl sites for hydroxylation is 1. The third-order valence-corrected chi connectivity index (χ3v) is 5.74. The van der Waals surface area contributed by atoms with Crippen LogP contribution in [0.2, 0.25) is 0 Å². The van der Waals surface area contributed by atoms with E-state index >= 15 is 0 Å². The average Bonchev–Trinajstić information content (AvgIpc) is 3.28. The highest BCUT2D eigenvalue weighted by molar-refractivity contribution is 6.39. The topological polar surface area (TPSA) is 71.7 Å². The first-order chi connectivity index (χ1) is 16.0. The maximum atomic E-state index is 12.8. The summed E-state index contributed by atoms with van der Waals surface area (Å²) in [6.45, 7) is 7.19. The Balaban J connectivity index is 1.59. The summed E-state index contributed by atoms with van der Waals surface area (Å²) in [6.07, 6.45) is 15.5. The van der Waals surface area contributed by atoms with Gasteiger partial charge in [-0.25, -0.2) is 4.98 Å². The number of hydrogen-bond acceptors (Lipinski definition) is 4. The van der Waals surface area contributed by atoms with Crippen LogP contribution < -0.4 is 5.32 Å². The summed E-state index contributed by atoms with van der Waals surface area (Å²) in [4.78, 5) is 25.7. The number of carbonyl (C=O) groups is 1. The maximum Gasteiger partial charge on any atom is 0.251 e. The highest BCUT2D eigenvalue weighted by atomic mass is 35.5. The number of allylic oxidation sites excluding steroid dienone is 3. The third kappa shape index (κ3) is 7.12. The molecule has 3 heterocycles. The van der Waals surface area contributed by atoms with Crippen LogP contribution in [0.1, 0.15) is 53.9 Å². The first-order valence-electron chi connectivity index (χ1n) is 11.1. The molecule has 0 spiro atoms. The Kier molecular flexibility index (Phi) is 8.95. The molecule has 3 aromatic heterocycles. The number of carbonyl (C=O) groups excluding carboxylic acids is 1. The van der Waals surface area contributed by atoms with Crippen LogP contribution in [0.5, 0.6) is 0 Å². The van der Waals surface area contributed by atoms with Gasteiger partial charge in [0, 0.05) is 49.4 Å². The zero-order valence-corrected chi connectivity index (χ0v) is 20.1. The highest BCUT2D eigenvalue weighted by Crippen LogP contribution is 2.14. The van der Waals surface area contributed by atoms with E-state index in [0.29, 0.717) is 30.1 Å². The molecular weight excluding hydrogens is 434 g/mol. The molecule has 0 saturated carbocycles. The first-order valence-corrected chi connectivity index (χ1v) is 11.5. The summed E-state index contributed by atoms with van der Waals surface area (Å²) in [5.41, 5.74) is 5.98. The zero-order chi connectivity index (χ0) is 23.6. The fraction of sp³-hybridized carbons (Fsp3) is 0.308. The number of imidazole rings is 1. The van der Waals surface area contributed by atoms with E-state index in [9.17, 15) is 4.79 Å². The van der Waals surface area contributed by atoms with Gasteiger partial charge in [-0.2, -0.15) is 0 Å². The van der Waals surface area contributed by atoms with Crippen LogP contribution in [-0.2, 0) is 13.0 Å². The Labute approximate surface area is 200 Å². The number of hydrogen-bond donors (Lipinski definition) is 1. The van der Waals surface area contributed by atoms with Gasteiger partial charge < -0.3 is 9.72 Å². The molecule has 3 rings (SSSR count). The summed E-state index contributed by atoms with van der Waals surface area (Å²) in [5, 5.41) is 3.67. The molecule has 0 unspecified atom stereocenters. The van der Waals surface area contributed by atoms with Crippen molar-refractivity contribution >= 4 is 29.2 Å². The van der Waals surface area contributed by atoms with Crippen LogP contribution in [0.3, 0.4) is 0 Å². The maximum absolute atomic E-state index is 12.8. The van der Waals surface area contributed by atoms with Crippen molar-refractivity contribution in [3.63, 3.8) is 0 Å². The second-order valence-corrected chi connectivity index (χ2v) is 8.25. The molecule has 0 aliphatic rings. The molecule has 0 aromatic carbocycles. The summed E-state index contributed by atoms with van der Waals surface area (Å²) in [6, 6.07) is 5.69. The average molecular weight is 464 g/mol. The Morgan fingerprint density at radius 3 is 2.97 bits per heavy atom. The van der Waals surface area contributed by atoms with Gasteiger partial charge in [-0.15, -0.1) is 0 Å². The first kappa shape index (κ1) is 24.4. The number of pyridine rings is 2. The van der Waals surface area contributed by atoms with Crippen molar-refractivity contribution in [3.05, 3.63) is 88.3 Å². The molecule has 6 nitrogen and oxygen atoms in total. The third-order valence-electron chi connectivity index (χ3n) is 5.42. The van der Waals surface area contributed by atoms with Crippen molar-refractivity contribution in [1.29, 1.82) is 0 Å². The minimum Gasteiger partial charge on any atom is -0.348 e. The molecule has 33 heavy (non-hydrogen) atoms. The minimum absolute atomic E-state index is 0.110. The smallest absolute Gasteiger partial charge is 0.251 e. The van der Waals surface area contributed by atoms with Crippen LogP contribution >= 0.6 is 11.6 Å².